The molecule has 0 unspecified atom stereocenters. The van der Waals surface area contributed by atoms with Gasteiger partial charge in [0.15, 0.2) is 0 Å². The van der Waals surface area contributed by atoms with Crippen molar-refractivity contribution in [3.63, 3.8) is 0 Å². The summed E-state index contributed by atoms with van der Waals surface area (Å²) < 4.78 is 0. The molecule has 11 heteroatoms. The summed E-state index contributed by atoms with van der Waals surface area (Å²) in [5, 5.41) is 44.1. The molecule has 8 nitrogen and oxygen atoms in total. The standard InChI is InChI=1S/2C5H10N2O2.2ClH.Rh/c2*1-4(6-8)3-5(2)7-9;;;/h2*8-9H,3H2,1-2H3;2*1H;/q;;;;+2/p-2/b6-4+,7-5+;6-4-,7-5+;;;. The van der Waals surface area contributed by atoms with Crippen molar-refractivity contribution >= 4 is 42.2 Å². The molecule has 0 saturated carbocycles. The fourth-order valence-corrected chi connectivity index (χ4v) is 0.882. The van der Waals surface area contributed by atoms with Gasteiger partial charge in [-0.25, -0.2) is 0 Å². The van der Waals surface area contributed by atoms with E-state index in [0.29, 0.717) is 35.7 Å². The molecule has 0 bridgehead atoms. The number of rotatable bonds is 4. The second-order valence-electron chi connectivity index (χ2n) is 3.74. The molecule has 0 amide bonds. The molecular formula is C10H20Cl2N4O4Rh. The van der Waals surface area contributed by atoms with Crippen molar-refractivity contribution in [2.24, 2.45) is 20.6 Å². The van der Waals surface area contributed by atoms with Gasteiger partial charge < -0.3 is 20.8 Å². The second-order valence-corrected chi connectivity index (χ2v) is 6.23. The molecule has 0 aromatic heterocycles. The van der Waals surface area contributed by atoms with E-state index in [1.807, 2.05) is 0 Å². The van der Waals surface area contributed by atoms with Crippen molar-refractivity contribution in [1.82, 2.24) is 0 Å². The SMILES string of the molecule is C/C(C/C(C)=N/O)=N/O.C/C(C/C(C)=N/O)=N\O.[Cl][Rh][Cl]. The molecule has 0 atom stereocenters. The first kappa shape index (κ1) is 25.1. The Balaban J connectivity index is -0.000000260. The predicted molar refractivity (Wildman–Crippen MR) is 80.5 cm³/mol. The van der Waals surface area contributed by atoms with E-state index < -0.39 is 0 Å². The van der Waals surface area contributed by atoms with Crippen LogP contribution >= 0.6 is 19.4 Å². The van der Waals surface area contributed by atoms with E-state index in [2.05, 4.69) is 20.6 Å². The zero-order valence-electron chi connectivity index (χ0n) is 12.1. The van der Waals surface area contributed by atoms with Gasteiger partial charge in [-0.2, -0.15) is 0 Å². The first-order valence-electron chi connectivity index (χ1n) is 5.36. The van der Waals surface area contributed by atoms with Crippen LogP contribution in [0.15, 0.2) is 20.6 Å². The van der Waals surface area contributed by atoms with Crippen LogP contribution < -0.4 is 0 Å². The Hall–Kier alpha value is -0.917. The van der Waals surface area contributed by atoms with Crippen LogP contribution in [0.5, 0.6) is 0 Å². The Morgan fingerprint density at radius 3 is 0.905 bits per heavy atom. The van der Waals surface area contributed by atoms with E-state index in [1.54, 1.807) is 27.7 Å². The summed E-state index contributed by atoms with van der Waals surface area (Å²) in [6, 6.07) is 0. The average Bonchev–Trinajstić information content (AvgIpc) is 2.47. The van der Waals surface area contributed by atoms with Crippen LogP contribution in [0.2, 0.25) is 0 Å². The van der Waals surface area contributed by atoms with E-state index in [4.69, 9.17) is 40.2 Å². The first-order chi connectivity index (χ1) is 9.82. The van der Waals surface area contributed by atoms with Crippen LogP contribution in [0.25, 0.3) is 0 Å². The van der Waals surface area contributed by atoms with E-state index in [0.717, 1.165) is 0 Å². The average molecular weight is 434 g/mol. The summed E-state index contributed by atoms with van der Waals surface area (Å²) >= 11 is -0.226. The van der Waals surface area contributed by atoms with Gasteiger partial charge in [-0.05, 0) is 27.7 Å². The predicted octanol–water partition coefficient (Wildman–Crippen LogP) is 3.53. The Labute approximate surface area is 139 Å². The van der Waals surface area contributed by atoms with E-state index in [9.17, 15) is 0 Å². The van der Waals surface area contributed by atoms with Crippen molar-refractivity contribution in [3.8, 4) is 0 Å². The third kappa shape index (κ3) is 24.5. The number of nitrogens with zero attached hydrogens (tertiary/aromatic N) is 4. The third-order valence-corrected chi connectivity index (χ3v) is 1.71. The molecule has 0 aliphatic heterocycles. The molecule has 0 spiro atoms. The summed E-state index contributed by atoms with van der Waals surface area (Å²) in [5.74, 6) is 0. The summed E-state index contributed by atoms with van der Waals surface area (Å²) in [4.78, 5) is 0. The molecule has 127 valence electrons. The van der Waals surface area contributed by atoms with Crippen LogP contribution in [0.4, 0.5) is 0 Å². The van der Waals surface area contributed by atoms with Crippen molar-refractivity contribution in [2.75, 3.05) is 0 Å². The Morgan fingerprint density at radius 2 is 0.810 bits per heavy atom. The van der Waals surface area contributed by atoms with E-state index in [-0.39, 0.29) is 15.1 Å². The van der Waals surface area contributed by atoms with Gasteiger partial charge >= 0.3 is 34.5 Å². The Kier molecular flexibility index (Phi) is 22.8. The van der Waals surface area contributed by atoms with Crippen molar-refractivity contribution < 1.29 is 36.0 Å². The summed E-state index contributed by atoms with van der Waals surface area (Å²) in [7, 11) is 9.67. The van der Waals surface area contributed by atoms with E-state index >= 15 is 0 Å². The molecule has 0 radical (unpaired) electrons. The minimum atomic E-state index is -0.226. The molecule has 0 aromatic rings. The molecule has 0 aliphatic carbocycles. The van der Waals surface area contributed by atoms with Gasteiger partial charge in [0.05, 0.1) is 22.8 Å². The molecule has 0 fully saturated rings. The van der Waals surface area contributed by atoms with Crippen LogP contribution in [-0.2, 0) is 15.1 Å². The van der Waals surface area contributed by atoms with Gasteiger partial charge in [-0.3, -0.25) is 0 Å². The second kappa shape index (κ2) is 19.1. The molecule has 0 heterocycles. The number of halogens is 2. The minimum absolute atomic E-state index is 0.226. The normalized spacial score (nSPS) is 13.0. The van der Waals surface area contributed by atoms with Crippen LogP contribution in [0.1, 0.15) is 40.5 Å². The van der Waals surface area contributed by atoms with Crippen molar-refractivity contribution in [3.05, 3.63) is 0 Å². The zero-order chi connectivity index (χ0) is 17.3. The van der Waals surface area contributed by atoms with Gasteiger partial charge in [-0.15, -0.1) is 0 Å². The fraction of sp³-hybridized carbons (Fsp3) is 0.600. The van der Waals surface area contributed by atoms with Gasteiger partial charge in [0.1, 0.15) is 0 Å². The third-order valence-electron chi connectivity index (χ3n) is 1.71. The van der Waals surface area contributed by atoms with Crippen LogP contribution in [0.3, 0.4) is 0 Å². The van der Waals surface area contributed by atoms with Crippen molar-refractivity contribution in [2.45, 2.75) is 40.5 Å². The number of oxime groups is 4. The van der Waals surface area contributed by atoms with Crippen LogP contribution in [0, 0.1) is 0 Å². The number of hydrogen-bond donors (Lipinski definition) is 4. The Morgan fingerprint density at radius 1 is 0.667 bits per heavy atom. The molecular weight excluding hydrogens is 414 g/mol. The number of hydrogen-bond acceptors (Lipinski definition) is 8. The maximum atomic E-state index is 8.13. The molecule has 0 rings (SSSR count). The topological polar surface area (TPSA) is 130 Å². The summed E-state index contributed by atoms with van der Waals surface area (Å²) in [6.45, 7) is 6.59. The zero-order valence-corrected chi connectivity index (χ0v) is 15.2. The first-order valence-corrected chi connectivity index (χ1v) is 9.58. The van der Waals surface area contributed by atoms with E-state index in [1.165, 1.54) is 0 Å². The molecule has 0 aliphatic rings. The van der Waals surface area contributed by atoms with Crippen LogP contribution in [-0.4, -0.2) is 43.7 Å². The maximum absolute atomic E-state index is 8.13. The Bertz CT molecular complexity index is 310. The molecule has 4 N–H and O–H groups in total. The van der Waals surface area contributed by atoms with Crippen molar-refractivity contribution in [1.29, 1.82) is 0 Å². The fourth-order valence-electron chi connectivity index (χ4n) is 0.882. The summed E-state index contributed by atoms with van der Waals surface area (Å²) in [5.41, 5.74) is 2.13. The summed E-state index contributed by atoms with van der Waals surface area (Å²) in [6.07, 6.45) is 0.819. The van der Waals surface area contributed by atoms with Gasteiger partial charge in [0.2, 0.25) is 0 Å². The molecule has 0 aromatic carbocycles. The van der Waals surface area contributed by atoms with Gasteiger partial charge in [-0.1, -0.05) is 20.6 Å². The quantitative estimate of drug-likeness (QED) is 0.233. The molecule has 0 saturated heterocycles. The van der Waals surface area contributed by atoms with Gasteiger partial charge in [0.25, 0.3) is 0 Å². The monoisotopic (exact) mass is 433 g/mol. The molecule has 21 heavy (non-hydrogen) atoms. The van der Waals surface area contributed by atoms with Gasteiger partial charge in [0, 0.05) is 12.8 Å².